The molecular formula is C16H10ClN3O. The summed E-state index contributed by atoms with van der Waals surface area (Å²) in [7, 11) is 0. The number of aromatic nitrogens is 3. The van der Waals surface area contributed by atoms with Crippen LogP contribution < -0.4 is 0 Å². The molecule has 0 aliphatic rings. The lowest BCUT2D eigenvalue weighted by atomic mass is 10.2. The molecule has 0 amide bonds. The van der Waals surface area contributed by atoms with E-state index in [0.717, 1.165) is 16.6 Å². The highest BCUT2D eigenvalue weighted by molar-refractivity contribution is 6.30. The summed E-state index contributed by atoms with van der Waals surface area (Å²) in [5, 5.41) is 11.2. The lowest BCUT2D eigenvalue weighted by molar-refractivity contribution is 0.453. The van der Waals surface area contributed by atoms with Crippen molar-refractivity contribution in [1.29, 1.82) is 0 Å². The zero-order valence-corrected chi connectivity index (χ0v) is 11.6. The maximum Gasteiger partial charge on any atom is 0.224 e. The van der Waals surface area contributed by atoms with Gasteiger partial charge in [0.1, 0.15) is 5.69 Å². The maximum atomic E-state index is 10.6. The molecule has 0 aliphatic heterocycles. The number of aromatic hydroxyl groups is 1. The summed E-state index contributed by atoms with van der Waals surface area (Å²) in [5.41, 5.74) is 3.48. The summed E-state index contributed by atoms with van der Waals surface area (Å²) in [5.74, 6) is 0.0888. The van der Waals surface area contributed by atoms with Crippen LogP contribution in [0.15, 0.2) is 54.7 Å². The van der Waals surface area contributed by atoms with E-state index in [1.165, 1.54) is 0 Å². The van der Waals surface area contributed by atoms with Crippen LogP contribution >= 0.6 is 11.6 Å². The van der Waals surface area contributed by atoms with Crippen molar-refractivity contribution in [2.45, 2.75) is 0 Å². The average Bonchev–Trinajstić information content (AvgIpc) is 2.85. The number of hydrogen-bond donors (Lipinski definition) is 1. The smallest absolute Gasteiger partial charge is 0.224 e. The van der Waals surface area contributed by atoms with Gasteiger partial charge >= 0.3 is 0 Å². The summed E-state index contributed by atoms with van der Waals surface area (Å²) in [6.07, 6.45) is 1.65. The monoisotopic (exact) mass is 295 g/mol. The van der Waals surface area contributed by atoms with E-state index in [1.807, 2.05) is 36.4 Å². The van der Waals surface area contributed by atoms with Gasteiger partial charge in [-0.15, -0.1) is 0 Å². The zero-order valence-electron chi connectivity index (χ0n) is 10.9. The molecule has 0 bridgehead atoms. The molecule has 0 spiro atoms. The molecule has 21 heavy (non-hydrogen) atoms. The van der Waals surface area contributed by atoms with E-state index in [4.69, 9.17) is 11.6 Å². The predicted molar refractivity (Wildman–Crippen MR) is 82.6 cm³/mol. The van der Waals surface area contributed by atoms with Gasteiger partial charge in [-0.2, -0.15) is 0 Å². The minimum atomic E-state index is 0.0888. The fraction of sp³-hybridized carbons (Fsp3) is 0. The molecule has 2 aromatic carbocycles. The molecule has 0 fully saturated rings. The summed E-state index contributed by atoms with van der Waals surface area (Å²) < 4.78 is 1.69. The fourth-order valence-electron chi connectivity index (χ4n) is 2.47. The number of imidazole rings is 1. The van der Waals surface area contributed by atoms with Gasteiger partial charge in [0.15, 0.2) is 5.65 Å². The molecule has 5 heteroatoms. The molecule has 0 unspecified atom stereocenters. The third kappa shape index (κ3) is 1.84. The van der Waals surface area contributed by atoms with E-state index < -0.39 is 0 Å². The average molecular weight is 296 g/mol. The normalized spacial score (nSPS) is 11.3. The van der Waals surface area contributed by atoms with Crippen LogP contribution in [0.3, 0.4) is 0 Å². The van der Waals surface area contributed by atoms with Gasteiger partial charge in [-0.05, 0) is 24.3 Å². The van der Waals surface area contributed by atoms with E-state index >= 15 is 0 Å². The van der Waals surface area contributed by atoms with Gasteiger partial charge in [0, 0.05) is 10.6 Å². The van der Waals surface area contributed by atoms with Crippen molar-refractivity contribution in [1.82, 2.24) is 14.4 Å². The number of hydrogen-bond acceptors (Lipinski definition) is 3. The Morgan fingerprint density at radius 1 is 1.05 bits per heavy atom. The molecule has 1 N–H and O–H groups in total. The van der Waals surface area contributed by atoms with Crippen LogP contribution in [0.4, 0.5) is 0 Å². The Kier molecular flexibility index (Phi) is 2.59. The van der Waals surface area contributed by atoms with Crippen molar-refractivity contribution in [2.24, 2.45) is 0 Å². The molecule has 0 atom stereocenters. The molecule has 4 rings (SSSR count). The number of halogens is 1. The van der Waals surface area contributed by atoms with Crippen molar-refractivity contribution in [3.8, 4) is 17.1 Å². The summed E-state index contributed by atoms with van der Waals surface area (Å²) in [6, 6.07) is 14.9. The zero-order chi connectivity index (χ0) is 14.4. The Morgan fingerprint density at radius 3 is 2.76 bits per heavy atom. The maximum absolute atomic E-state index is 10.6. The van der Waals surface area contributed by atoms with Gasteiger partial charge < -0.3 is 5.11 Å². The highest BCUT2D eigenvalue weighted by atomic mass is 35.5. The molecule has 2 heterocycles. The summed E-state index contributed by atoms with van der Waals surface area (Å²) >= 11 is 6.01. The van der Waals surface area contributed by atoms with Gasteiger partial charge in [-0.1, -0.05) is 35.9 Å². The molecule has 4 aromatic rings. The van der Waals surface area contributed by atoms with Gasteiger partial charge in [-0.3, -0.25) is 9.38 Å². The standard InChI is InChI=1S/C16H10ClN3O/c17-11-5-3-4-10(8-11)15-16(21)20-13-7-2-1-6-12(13)18-9-14(20)19-15/h1-9,21H. The van der Waals surface area contributed by atoms with Crippen LogP contribution in [0.1, 0.15) is 0 Å². The SMILES string of the molecule is Oc1c(-c2cccc(Cl)c2)nc2cnc3ccccc3n12. The van der Waals surface area contributed by atoms with Gasteiger partial charge in [0.2, 0.25) is 5.88 Å². The van der Waals surface area contributed by atoms with Crippen molar-refractivity contribution in [3.63, 3.8) is 0 Å². The summed E-state index contributed by atoms with van der Waals surface area (Å²) in [4.78, 5) is 8.82. The fourth-order valence-corrected chi connectivity index (χ4v) is 2.66. The first-order valence-corrected chi connectivity index (χ1v) is 6.83. The third-order valence-electron chi connectivity index (χ3n) is 3.42. The van der Waals surface area contributed by atoms with Crippen LogP contribution in [0.5, 0.6) is 5.88 Å². The largest absolute Gasteiger partial charge is 0.493 e. The molecule has 2 aromatic heterocycles. The Balaban J connectivity index is 2.08. The minimum Gasteiger partial charge on any atom is -0.493 e. The van der Waals surface area contributed by atoms with Crippen LogP contribution in [0, 0.1) is 0 Å². The second-order valence-electron chi connectivity index (χ2n) is 4.73. The molecule has 102 valence electrons. The number of rotatable bonds is 1. The van der Waals surface area contributed by atoms with Crippen molar-refractivity contribution in [3.05, 3.63) is 59.8 Å². The highest BCUT2D eigenvalue weighted by Gasteiger charge is 2.15. The second kappa shape index (κ2) is 4.46. The number of nitrogens with zero attached hydrogens (tertiary/aromatic N) is 3. The van der Waals surface area contributed by atoms with Crippen LogP contribution in [-0.4, -0.2) is 19.5 Å². The molecular weight excluding hydrogens is 286 g/mol. The second-order valence-corrected chi connectivity index (χ2v) is 5.17. The number of fused-ring (bicyclic) bond motifs is 3. The van der Waals surface area contributed by atoms with E-state index in [-0.39, 0.29) is 5.88 Å². The third-order valence-corrected chi connectivity index (χ3v) is 3.65. The molecule has 0 radical (unpaired) electrons. The van der Waals surface area contributed by atoms with Crippen molar-refractivity contribution in [2.75, 3.05) is 0 Å². The Bertz CT molecular complexity index is 978. The lowest BCUT2D eigenvalue weighted by Crippen LogP contribution is -1.89. The summed E-state index contributed by atoms with van der Waals surface area (Å²) in [6.45, 7) is 0. The number of benzene rings is 2. The van der Waals surface area contributed by atoms with E-state index in [1.54, 1.807) is 22.7 Å². The molecule has 0 saturated heterocycles. The van der Waals surface area contributed by atoms with E-state index in [0.29, 0.717) is 16.4 Å². The van der Waals surface area contributed by atoms with Gasteiger partial charge in [0.05, 0.1) is 17.2 Å². The number of para-hydroxylation sites is 2. The highest BCUT2D eigenvalue weighted by Crippen LogP contribution is 2.32. The van der Waals surface area contributed by atoms with Crippen LogP contribution in [0.2, 0.25) is 5.02 Å². The van der Waals surface area contributed by atoms with Gasteiger partial charge in [-0.25, -0.2) is 4.98 Å². The molecule has 0 saturated carbocycles. The first-order valence-electron chi connectivity index (χ1n) is 6.45. The first kappa shape index (κ1) is 12.2. The van der Waals surface area contributed by atoms with E-state index in [9.17, 15) is 5.11 Å². The van der Waals surface area contributed by atoms with Gasteiger partial charge in [0.25, 0.3) is 0 Å². The van der Waals surface area contributed by atoms with E-state index in [2.05, 4.69) is 9.97 Å². The quantitative estimate of drug-likeness (QED) is 0.579. The van der Waals surface area contributed by atoms with Crippen molar-refractivity contribution >= 4 is 28.3 Å². The van der Waals surface area contributed by atoms with Crippen LogP contribution in [0.25, 0.3) is 27.9 Å². The minimum absolute atomic E-state index is 0.0888. The lowest BCUT2D eigenvalue weighted by Gasteiger charge is -2.02. The Hall–Kier alpha value is -2.59. The first-order chi connectivity index (χ1) is 10.2. The van der Waals surface area contributed by atoms with Crippen LogP contribution in [-0.2, 0) is 0 Å². The Labute approximate surface area is 125 Å². The van der Waals surface area contributed by atoms with Crippen molar-refractivity contribution < 1.29 is 5.11 Å². The molecule has 4 nitrogen and oxygen atoms in total. The predicted octanol–water partition coefficient (Wildman–Crippen LogP) is 3.91. The Morgan fingerprint density at radius 2 is 1.90 bits per heavy atom. The molecule has 0 aliphatic carbocycles. The topological polar surface area (TPSA) is 50.4 Å².